The maximum atomic E-state index is 13.7. The Morgan fingerprint density at radius 2 is 1.88 bits per heavy atom. The molecular formula is C25H23N3O2S2. The Balaban J connectivity index is 1.56. The number of benzene rings is 2. The topological polar surface area (TPSA) is 62.3 Å². The molecule has 3 heterocycles. The number of aromatic nitrogens is 1. The van der Waals surface area contributed by atoms with E-state index in [2.05, 4.69) is 46.7 Å². The molecule has 0 bridgehead atoms. The van der Waals surface area contributed by atoms with E-state index in [9.17, 15) is 8.42 Å². The maximum absolute atomic E-state index is 13.7. The quantitative estimate of drug-likeness (QED) is 0.452. The summed E-state index contributed by atoms with van der Waals surface area (Å²) in [7, 11) is -3.72. The first-order valence-electron chi connectivity index (χ1n) is 10.5. The number of fused-ring (bicyclic) bond motifs is 1. The molecule has 32 heavy (non-hydrogen) atoms. The second-order valence-corrected chi connectivity index (χ2v) is 10.7. The van der Waals surface area contributed by atoms with Crippen molar-refractivity contribution in [3.8, 4) is 11.1 Å². The molecule has 0 saturated heterocycles. The van der Waals surface area contributed by atoms with Crippen LogP contribution in [0.2, 0.25) is 0 Å². The van der Waals surface area contributed by atoms with Crippen LogP contribution in [-0.4, -0.2) is 30.3 Å². The molecule has 0 fully saturated rings. The lowest BCUT2D eigenvalue weighted by Gasteiger charge is -2.28. The molecule has 0 aliphatic carbocycles. The first kappa shape index (κ1) is 20.9. The van der Waals surface area contributed by atoms with Gasteiger partial charge in [0.25, 0.3) is 0 Å². The zero-order valence-electron chi connectivity index (χ0n) is 17.4. The van der Waals surface area contributed by atoms with Crippen LogP contribution in [0.4, 0.5) is 5.69 Å². The van der Waals surface area contributed by atoms with Crippen molar-refractivity contribution in [2.75, 3.05) is 11.9 Å². The summed E-state index contributed by atoms with van der Waals surface area (Å²) in [6.45, 7) is 0.839. The molecule has 2 aromatic carbocycles. The molecule has 4 aromatic rings. The summed E-state index contributed by atoms with van der Waals surface area (Å²) in [6.07, 6.45) is 3.68. The van der Waals surface area contributed by atoms with Gasteiger partial charge in [-0.25, -0.2) is 8.42 Å². The minimum Gasteiger partial charge on any atom is -0.383 e. The van der Waals surface area contributed by atoms with Gasteiger partial charge in [-0.1, -0.05) is 42.5 Å². The molecule has 1 N–H and O–H groups in total. The zero-order valence-corrected chi connectivity index (χ0v) is 19.0. The Hall–Kier alpha value is -3.00. The fourth-order valence-electron chi connectivity index (χ4n) is 4.08. The van der Waals surface area contributed by atoms with Crippen LogP contribution in [-0.2, 0) is 23.0 Å². The Morgan fingerprint density at radius 3 is 2.62 bits per heavy atom. The summed E-state index contributed by atoms with van der Waals surface area (Å²) < 4.78 is 29.0. The molecule has 0 radical (unpaired) electrons. The van der Waals surface area contributed by atoms with Gasteiger partial charge < -0.3 is 5.32 Å². The predicted molar refractivity (Wildman–Crippen MR) is 129 cm³/mol. The Morgan fingerprint density at radius 1 is 1.00 bits per heavy atom. The van der Waals surface area contributed by atoms with Crippen LogP contribution < -0.4 is 5.32 Å². The summed E-state index contributed by atoms with van der Waals surface area (Å²) in [4.78, 5) is 5.44. The number of sulfonamides is 1. The molecule has 7 heteroatoms. The average molecular weight is 462 g/mol. The Bertz CT molecular complexity index is 1290. The van der Waals surface area contributed by atoms with Crippen molar-refractivity contribution in [1.29, 1.82) is 0 Å². The average Bonchev–Trinajstić information content (AvgIpc) is 3.27. The SMILES string of the molecule is O=S(=O)(c1cccnc1)N1Cc2cc(-c3ccccc3)ccc2NC[C@H]1Cc1cccs1. The smallest absolute Gasteiger partial charge is 0.245 e. The van der Waals surface area contributed by atoms with Gasteiger partial charge in [0.2, 0.25) is 10.0 Å². The normalized spacial score (nSPS) is 16.7. The third-order valence-electron chi connectivity index (χ3n) is 5.73. The van der Waals surface area contributed by atoms with Gasteiger partial charge >= 0.3 is 0 Å². The van der Waals surface area contributed by atoms with E-state index in [0.29, 0.717) is 19.5 Å². The first-order valence-corrected chi connectivity index (χ1v) is 12.8. The van der Waals surface area contributed by atoms with Gasteiger partial charge in [0.05, 0.1) is 0 Å². The number of thiophene rings is 1. The molecule has 0 saturated carbocycles. The third kappa shape index (κ3) is 4.19. The van der Waals surface area contributed by atoms with Crippen LogP contribution in [0.1, 0.15) is 10.4 Å². The van der Waals surface area contributed by atoms with E-state index >= 15 is 0 Å². The minimum absolute atomic E-state index is 0.216. The van der Waals surface area contributed by atoms with Gasteiger partial charge in [-0.2, -0.15) is 4.31 Å². The lowest BCUT2D eigenvalue weighted by molar-refractivity contribution is 0.327. The zero-order chi connectivity index (χ0) is 22.0. The van der Waals surface area contributed by atoms with Gasteiger partial charge in [-0.3, -0.25) is 4.98 Å². The monoisotopic (exact) mass is 461 g/mol. The molecule has 1 aliphatic heterocycles. The second-order valence-electron chi connectivity index (χ2n) is 7.80. The van der Waals surface area contributed by atoms with Crippen molar-refractivity contribution in [3.05, 3.63) is 101 Å². The van der Waals surface area contributed by atoms with Crippen molar-refractivity contribution >= 4 is 27.0 Å². The lowest BCUT2D eigenvalue weighted by Crippen LogP contribution is -2.43. The molecule has 1 atom stereocenters. The molecule has 0 spiro atoms. The molecular weight excluding hydrogens is 438 g/mol. The number of hydrogen-bond donors (Lipinski definition) is 1. The largest absolute Gasteiger partial charge is 0.383 e. The van der Waals surface area contributed by atoms with Gasteiger partial charge in [-0.15, -0.1) is 11.3 Å². The van der Waals surface area contributed by atoms with Gasteiger partial charge in [0.15, 0.2) is 0 Å². The highest BCUT2D eigenvalue weighted by atomic mass is 32.2. The molecule has 0 amide bonds. The van der Waals surface area contributed by atoms with Crippen molar-refractivity contribution < 1.29 is 8.42 Å². The van der Waals surface area contributed by atoms with E-state index in [1.54, 1.807) is 34.0 Å². The summed E-state index contributed by atoms with van der Waals surface area (Å²) in [6, 6.07) is 23.5. The van der Waals surface area contributed by atoms with Crippen LogP contribution in [0.15, 0.2) is 95.5 Å². The Labute approximate surface area is 192 Å². The summed E-state index contributed by atoms with van der Waals surface area (Å²) in [5.74, 6) is 0. The summed E-state index contributed by atoms with van der Waals surface area (Å²) in [5, 5.41) is 5.53. The number of hydrogen-bond acceptors (Lipinski definition) is 5. The fourth-order valence-corrected chi connectivity index (χ4v) is 6.43. The predicted octanol–water partition coefficient (Wildman–Crippen LogP) is 5.04. The lowest BCUT2D eigenvalue weighted by atomic mass is 10.0. The van der Waals surface area contributed by atoms with Crippen molar-refractivity contribution in [3.63, 3.8) is 0 Å². The molecule has 162 valence electrons. The number of anilines is 1. The summed E-state index contributed by atoms with van der Waals surface area (Å²) >= 11 is 1.65. The molecule has 5 rings (SSSR count). The van der Waals surface area contributed by atoms with Crippen LogP contribution >= 0.6 is 11.3 Å². The number of pyridine rings is 1. The number of nitrogens with one attached hydrogen (secondary N) is 1. The van der Waals surface area contributed by atoms with E-state index in [1.807, 2.05) is 29.6 Å². The van der Waals surface area contributed by atoms with Crippen LogP contribution in [0.3, 0.4) is 0 Å². The van der Waals surface area contributed by atoms with Crippen LogP contribution in [0.25, 0.3) is 11.1 Å². The van der Waals surface area contributed by atoms with Crippen molar-refractivity contribution in [1.82, 2.24) is 9.29 Å². The van der Waals surface area contributed by atoms with E-state index in [-0.39, 0.29) is 10.9 Å². The standard InChI is InChI=1S/C25H23N3O2S2/c29-32(30,24-9-4-12-26-17-24)28-18-21-14-20(19-6-2-1-3-7-19)10-11-25(21)27-16-22(28)15-23-8-5-13-31-23/h1-14,17,22,27H,15-16,18H2/t22-/m1/s1. The first-order chi connectivity index (χ1) is 15.6. The molecule has 2 aromatic heterocycles. The number of rotatable bonds is 5. The second kappa shape index (κ2) is 8.86. The maximum Gasteiger partial charge on any atom is 0.245 e. The summed E-state index contributed by atoms with van der Waals surface area (Å²) in [5.41, 5.74) is 4.12. The molecule has 5 nitrogen and oxygen atoms in total. The van der Waals surface area contributed by atoms with Gasteiger partial charge in [0, 0.05) is 48.5 Å². The van der Waals surface area contributed by atoms with E-state index < -0.39 is 10.0 Å². The van der Waals surface area contributed by atoms with E-state index in [4.69, 9.17) is 0 Å². The number of nitrogens with zero attached hydrogens (tertiary/aromatic N) is 2. The highest BCUT2D eigenvalue weighted by Crippen LogP contribution is 2.32. The third-order valence-corrected chi connectivity index (χ3v) is 8.51. The van der Waals surface area contributed by atoms with Crippen LogP contribution in [0.5, 0.6) is 0 Å². The molecule has 0 unspecified atom stereocenters. The minimum atomic E-state index is -3.72. The van der Waals surface area contributed by atoms with Crippen molar-refractivity contribution in [2.45, 2.75) is 23.9 Å². The molecule has 1 aliphatic rings. The highest BCUT2D eigenvalue weighted by molar-refractivity contribution is 7.89. The Kier molecular flexibility index (Phi) is 5.78. The van der Waals surface area contributed by atoms with Gasteiger partial charge in [0.1, 0.15) is 4.90 Å². The van der Waals surface area contributed by atoms with Crippen molar-refractivity contribution in [2.24, 2.45) is 0 Å². The highest BCUT2D eigenvalue weighted by Gasteiger charge is 2.34. The van der Waals surface area contributed by atoms with Gasteiger partial charge in [-0.05, 0) is 52.4 Å². The fraction of sp³-hybridized carbons (Fsp3) is 0.160. The van der Waals surface area contributed by atoms with E-state index in [1.165, 1.54) is 11.1 Å². The van der Waals surface area contributed by atoms with E-state index in [0.717, 1.165) is 22.4 Å². The van der Waals surface area contributed by atoms with Crippen LogP contribution in [0, 0.1) is 0 Å².